The third-order valence-corrected chi connectivity index (χ3v) is 1.71. The number of hydrogen-bond donors (Lipinski definition) is 0. The van der Waals surface area contributed by atoms with Gasteiger partial charge in [-0.15, -0.1) is 11.6 Å². The van der Waals surface area contributed by atoms with E-state index in [-0.39, 0.29) is 0 Å². The van der Waals surface area contributed by atoms with E-state index in [4.69, 9.17) is 23.2 Å². The van der Waals surface area contributed by atoms with Crippen LogP contribution >= 0.6 is 23.2 Å². The van der Waals surface area contributed by atoms with Gasteiger partial charge in [-0.25, -0.2) is 0 Å². The Labute approximate surface area is 63.4 Å². The minimum Gasteiger partial charge on any atom is -0.270 e. The van der Waals surface area contributed by atoms with E-state index in [1.165, 1.54) is 0 Å². The van der Waals surface area contributed by atoms with Crippen molar-refractivity contribution in [2.75, 3.05) is 0 Å². The van der Waals surface area contributed by atoms with E-state index in [9.17, 15) is 0 Å². The first-order valence-corrected chi connectivity index (χ1v) is 3.39. The summed E-state index contributed by atoms with van der Waals surface area (Å²) in [5.74, 6) is 0.412. The predicted octanol–water partition coefficient (Wildman–Crippen LogP) is 1.81. The van der Waals surface area contributed by atoms with Crippen LogP contribution in [0.4, 0.5) is 0 Å². The standard InChI is InChI=1S/C5H6Cl2N2/c1-9-5(2-6)4(7)3-8-9/h3H,2H2,1H3. The number of rotatable bonds is 1. The molecule has 0 aromatic carbocycles. The Morgan fingerprint density at radius 3 is 2.67 bits per heavy atom. The SMILES string of the molecule is Cn1ncc(Cl)c1CCl. The van der Waals surface area contributed by atoms with E-state index in [0.29, 0.717) is 10.9 Å². The molecule has 1 rings (SSSR count). The van der Waals surface area contributed by atoms with Crippen LogP contribution in [0.5, 0.6) is 0 Å². The smallest absolute Gasteiger partial charge is 0.0830 e. The molecule has 0 atom stereocenters. The minimum atomic E-state index is 0.412. The van der Waals surface area contributed by atoms with Gasteiger partial charge >= 0.3 is 0 Å². The molecule has 0 N–H and O–H groups in total. The van der Waals surface area contributed by atoms with Gasteiger partial charge < -0.3 is 0 Å². The lowest BCUT2D eigenvalue weighted by atomic mass is 10.5. The predicted molar refractivity (Wildman–Crippen MR) is 37.8 cm³/mol. The molecule has 0 saturated carbocycles. The molecule has 0 spiro atoms. The summed E-state index contributed by atoms with van der Waals surface area (Å²) in [4.78, 5) is 0. The molecule has 2 nitrogen and oxygen atoms in total. The Morgan fingerprint density at radius 2 is 2.44 bits per heavy atom. The average molecular weight is 165 g/mol. The average Bonchev–Trinajstić information content (AvgIpc) is 2.12. The molecule has 1 aromatic heterocycles. The molecule has 0 radical (unpaired) electrons. The first-order valence-electron chi connectivity index (χ1n) is 2.48. The fourth-order valence-electron chi connectivity index (χ4n) is 0.586. The van der Waals surface area contributed by atoms with Crippen molar-refractivity contribution in [2.24, 2.45) is 7.05 Å². The van der Waals surface area contributed by atoms with Crippen molar-refractivity contribution < 1.29 is 0 Å². The Bertz CT molecular complexity index is 187. The van der Waals surface area contributed by atoms with Crippen molar-refractivity contribution in [3.63, 3.8) is 0 Å². The van der Waals surface area contributed by atoms with Crippen LogP contribution in [0.1, 0.15) is 5.69 Å². The highest BCUT2D eigenvalue weighted by atomic mass is 35.5. The number of hydrogen-bond acceptors (Lipinski definition) is 1. The molecule has 1 heterocycles. The van der Waals surface area contributed by atoms with Gasteiger partial charge in [0.25, 0.3) is 0 Å². The zero-order chi connectivity index (χ0) is 6.85. The molecule has 0 aliphatic heterocycles. The van der Waals surface area contributed by atoms with Crippen LogP contribution in [0.25, 0.3) is 0 Å². The summed E-state index contributed by atoms with van der Waals surface area (Å²) in [7, 11) is 1.81. The molecule has 0 amide bonds. The molecule has 4 heteroatoms. The highest BCUT2D eigenvalue weighted by Crippen LogP contribution is 2.15. The lowest BCUT2D eigenvalue weighted by molar-refractivity contribution is 0.735. The second-order valence-electron chi connectivity index (χ2n) is 1.70. The van der Waals surface area contributed by atoms with Gasteiger partial charge in [0.15, 0.2) is 0 Å². The maximum atomic E-state index is 5.68. The lowest BCUT2D eigenvalue weighted by Gasteiger charge is -1.93. The van der Waals surface area contributed by atoms with Crippen molar-refractivity contribution in [1.82, 2.24) is 9.78 Å². The molecule has 0 fully saturated rings. The molecule has 0 aliphatic rings. The number of aromatic nitrogens is 2. The van der Waals surface area contributed by atoms with E-state index in [2.05, 4.69) is 5.10 Å². The van der Waals surface area contributed by atoms with Crippen molar-refractivity contribution in [1.29, 1.82) is 0 Å². The minimum absolute atomic E-state index is 0.412. The first-order chi connectivity index (χ1) is 4.25. The highest BCUT2D eigenvalue weighted by molar-refractivity contribution is 6.32. The Kier molecular flexibility index (Phi) is 1.98. The van der Waals surface area contributed by atoms with Crippen molar-refractivity contribution >= 4 is 23.2 Å². The van der Waals surface area contributed by atoms with Crippen LogP contribution in [-0.4, -0.2) is 9.78 Å². The third-order valence-electron chi connectivity index (χ3n) is 1.14. The largest absolute Gasteiger partial charge is 0.270 e. The quantitative estimate of drug-likeness (QED) is 0.580. The summed E-state index contributed by atoms with van der Waals surface area (Å²) < 4.78 is 1.66. The van der Waals surface area contributed by atoms with E-state index >= 15 is 0 Å². The van der Waals surface area contributed by atoms with Crippen LogP contribution < -0.4 is 0 Å². The molecule has 50 valence electrons. The van der Waals surface area contributed by atoms with Gasteiger partial charge in [0, 0.05) is 7.05 Å². The molecule has 0 bridgehead atoms. The van der Waals surface area contributed by atoms with Gasteiger partial charge in [-0.1, -0.05) is 11.6 Å². The molecule has 0 saturated heterocycles. The zero-order valence-electron chi connectivity index (χ0n) is 4.93. The topological polar surface area (TPSA) is 17.8 Å². The normalized spacial score (nSPS) is 10.1. The summed E-state index contributed by atoms with van der Waals surface area (Å²) in [6.45, 7) is 0. The molecular formula is C5H6Cl2N2. The number of halogens is 2. The monoisotopic (exact) mass is 164 g/mol. The first kappa shape index (κ1) is 6.90. The van der Waals surface area contributed by atoms with Gasteiger partial charge in [-0.05, 0) is 0 Å². The summed E-state index contributed by atoms with van der Waals surface area (Å²) in [5.41, 5.74) is 0.860. The van der Waals surface area contributed by atoms with Crippen molar-refractivity contribution in [3.8, 4) is 0 Å². The molecule has 1 aromatic rings. The Morgan fingerprint density at radius 1 is 1.78 bits per heavy atom. The maximum absolute atomic E-state index is 5.68. The second kappa shape index (κ2) is 2.58. The molecular weight excluding hydrogens is 159 g/mol. The summed E-state index contributed by atoms with van der Waals surface area (Å²) in [5, 5.41) is 4.52. The number of aryl methyl sites for hydroxylation is 1. The molecule has 9 heavy (non-hydrogen) atoms. The van der Waals surface area contributed by atoms with Crippen LogP contribution in [0.3, 0.4) is 0 Å². The van der Waals surface area contributed by atoms with E-state index < -0.39 is 0 Å². The second-order valence-corrected chi connectivity index (χ2v) is 2.37. The maximum Gasteiger partial charge on any atom is 0.0830 e. The van der Waals surface area contributed by atoms with Gasteiger partial charge in [0.2, 0.25) is 0 Å². The third kappa shape index (κ3) is 1.19. The van der Waals surface area contributed by atoms with Gasteiger partial charge in [-0.2, -0.15) is 5.10 Å². The van der Waals surface area contributed by atoms with Crippen LogP contribution in [0, 0.1) is 0 Å². The van der Waals surface area contributed by atoms with Gasteiger partial charge in [-0.3, -0.25) is 4.68 Å². The molecule has 0 unspecified atom stereocenters. The van der Waals surface area contributed by atoms with E-state index in [0.717, 1.165) is 5.69 Å². The van der Waals surface area contributed by atoms with Crippen molar-refractivity contribution in [2.45, 2.75) is 5.88 Å². The van der Waals surface area contributed by atoms with Gasteiger partial charge in [0.1, 0.15) is 0 Å². The van der Waals surface area contributed by atoms with Crippen LogP contribution in [-0.2, 0) is 12.9 Å². The lowest BCUT2D eigenvalue weighted by Crippen LogP contribution is -1.94. The zero-order valence-corrected chi connectivity index (χ0v) is 6.45. The fraction of sp³-hybridized carbons (Fsp3) is 0.400. The number of nitrogens with zero attached hydrogens (tertiary/aromatic N) is 2. The van der Waals surface area contributed by atoms with Crippen molar-refractivity contribution in [3.05, 3.63) is 16.9 Å². The van der Waals surface area contributed by atoms with Crippen LogP contribution in [0.2, 0.25) is 5.02 Å². The fourth-order valence-corrected chi connectivity index (χ4v) is 1.20. The van der Waals surface area contributed by atoms with E-state index in [1.54, 1.807) is 10.9 Å². The van der Waals surface area contributed by atoms with Gasteiger partial charge in [0.05, 0.1) is 22.8 Å². The highest BCUT2D eigenvalue weighted by Gasteiger charge is 2.02. The Hall–Kier alpha value is -0.210. The van der Waals surface area contributed by atoms with Crippen LogP contribution in [0.15, 0.2) is 6.20 Å². The number of alkyl halides is 1. The summed E-state index contributed by atoms with van der Waals surface area (Å²) in [6.07, 6.45) is 1.58. The van der Waals surface area contributed by atoms with E-state index in [1.807, 2.05) is 7.05 Å². The summed E-state index contributed by atoms with van der Waals surface area (Å²) in [6, 6.07) is 0. The Balaban J connectivity index is 3.07. The summed E-state index contributed by atoms with van der Waals surface area (Å²) >= 11 is 11.2. The molecule has 0 aliphatic carbocycles.